The van der Waals surface area contributed by atoms with Crippen LogP contribution in [0, 0.1) is 22.0 Å². The number of amides is 1. The van der Waals surface area contributed by atoms with E-state index in [1.54, 1.807) is 0 Å². The van der Waals surface area contributed by atoms with Crippen LogP contribution >= 0.6 is 0 Å². The molecule has 0 aromatic heterocycles. The summed E-state index contributed by atoms with van der Waals surface area (Å²) in [6.07, 6.45) is 0.307. The number of rotatable bonds is 3. The Morgan fingerprint density at radius 3 is 2.79 bits per heavy atom. The van der Waals surface area contributed by atoms with E-state index in [1.807, 2.05) is 0 Å². The summed E-state index contributed by atoms with van der Waals surface area (Å²) in [6.45, 7) is 1.35. The molecule has 0 unspecified atom stereocenters. The molecule has 1 aromatic carbocycles. The topological polar surface area (TPSA) is 110 Å². The van der Waals surface area contributed by atoms with Crippen LogP contribution in [0.25, 0.3) is 0 Å². The predicted molar refractivity (Wildman–Crippen MR) is 65.7 cm³/mol. The third-order valence-corrected chi connectivity index (χ3v) is 2.11. The van der Waals surface area contributed by atoms with E-state index in [0.717, 1.165) is 12.1 Å². The molecule has 0 spiro atoms. The lowest BCUT2D eigenvalue weighted by Crippen LogP contribution is -2.19. The van der Waals surface area contributed by atoms with Crippen LogP contribution in [0.5, 0.6) is 5.75 Å². The highest BCUT2D eigenvalue weighted by Crippen LogP contribution is 2.26. The zero-order valence-corrected chi connectivity index (χ0v) is 9.97. The number of aromatic hydroxyl groups is 1. The average Bonchev–Trinajstić information content (AvgIpc) is 2.35. The Hall–Kier alpha value is -2.88. The molecule has 1 rings (SSSR count). The number of hydrogen-bond donors (Lipinski definition) is 2. The number of nitro benzene ring substituents is 1. The molecule has 0 radical (unpaired) electrons. The van der Waals surface area contributed by atoms with E-state index < -0.39 is 10.7 Å². The maximum absolute atomic E-state index is 10.7. The van der Waals surface area contributed by atoms with Gasteiger partial charge in [-0.05, 0) is 0 Å². The van der Waals surface area contributed by atoms with Crippen molar-refractivity contribution in [1.29, 1.82) is 0 Å². The summed E-state index contributed by atoms with van der Waals surface area (Å²) in [7, 11) is 0. The number of nitrogens with one attached hydrogen (secondary N) is 1. The van der Waals surface area contributed by atoms with Gasteiger partial charge < -0.3 is 10.4 Å². The van der Waals surface area contributed by atoms with Gasteiger partial charge in [-0.25, -0.2) is 0 Å². The second kappa shape index (κ2) is 6.16. The highest BCUT2D eigenvalue weighted by molar-refractivity contribution is 5.82. The molecule has 7 heteroatoms. The minimum atomic E-state index is -0.689. The molecular weight excluding hydrogens is 252 g/mol. The first kappa shape index (κ1) is 14.2. The lowest BCUT2D eigenvalue weighted by Gasteiger charge is -2.01. The fourth-order valence-corrected chi connectivity index (χ4v) is 1.24. The van der Waals surface area contributed by atoms with E-state index in [-0.39, 0.29) is 29.3 Å². The quantitative estimate of drug-likeness (QED) is 0.359. The molecule has 0 saturated heterocycles. The molecule has 0 atom stereocenters. The van der Waals surface area contributed by atoms with Crippen LogP contribution < -0.4 is 5.32 Å². The maximum Gasteiger partial charge on any atom is 0.271 e. The minimum absolute atomic E-state index is 0.0356. The lowest BCUT2D eigenvalue weighted by molar-refractivity contribution is -0.384. The van der Waals surface area contributed by atoms with Gasteiger partial charge in [-0.1, -0.05) is 11.8 Å². The van der Waals surface area contributed by atoms with Crippen molar-refractivity contribution in [2.24, 2.45) is 0 Å². The number of carbonyl (C=O) groups is 2. The molecule has 0 saturated carbocycles. The number of nitrogens with zero attached hydrogens (tertiary/aromatic N) is 1. The third-order valence-electron chi connectivity index (χ3n) is 2.11. The molecule has 0 heterocycles. The van der Waals surface area contributed by atoms with Gasteiger partial charge in [0.25, 0.3) is 5.69 Å². The summed E-state index contributed by atoms with van der Waals surface area (Å²) in [4.78, 5) is 31.3. The highest BCUT2D eigenvalue weighted by Gasteiger charge is 2.14. The molecule has 19 heavy (non-hydrogen) atoms. The van der Waals surface area contributed by atoms with Crippen molar-refractivity contribution in [3.63, 3.8) is 0 Å². The molecule has 2 N–H and O–H groups in total. The van der Waals surface area contributed by atoms with Crippen LogP contribution in [-0.2, 0) is 4.79 Å². The van der Waals surface area contributed by atoms with Gasteiger partial charge in [-0.3, -0.25) is 19.7 Å². The standard InChI is InChI=1S/C12H10N2O5/c1-8(16)13-4-2-3-9-5-11(14(18)19)6-10(7-15)12(9)17/h5-7,17H,4H2,1H3,(H,13,16). The summed E-state index contributed by atoms with van der Waals surface area (Å²) in [6, 6.07) is 2.02. The number of aldehydes is 1. The van der Waals surface area contributed by atoms with E-state index in [1.165, 1.54) is 6.92 Å². The average molecular weight is 262 g/mol. The van der Waals surface area contributed by atoms with Crippen LogP contribution in [0.15, 0.2) is 12.1 Å². The summed E-state index contributed by atoms with van der Waals surface area (Å²) in [5.74, 6) is 4.28. The molecule has 1 aromatic rings. The number of carbonyl (C=O) groups excluding carboxylic acids is 2. The van der Waals surface area contributed by atoms with Crippen molar-refractivity contribution >= 4 is 17.9 Å². The van der Waals surface area contributed by atoms with Crippen molar-refractivity contribution in [2.45, 2.75) is 6.92 Å². The van der Waals surface area contributed by atoms with E-state index >= 15 is 0 Å². The lowest BCUT2D eigenvalue weighted by atomic mass is 10.1. The summed E-state index contributed by atoms with van der Waals surface area (Å²) >= 11 is 0. The summed E-state index contributed by atoms with van der Waals surface area (Å²) in [5.41, 5.74) is -0.594. The fourth-order valence-electron chi connectivity index (χ4n) is 1.24. The smallest absolute Gasteiger partial charge is 0.271 e. The summed E-state index contributed by atoms with van der Waals surface area (Å²) < 4.78 is 0. The monoisotopic (exact) mass is 262 g/mol. The van der Waals surface area contributed by atoms with Crippen molar-refractivity contribution < 1.29 is 19.6 Å². The van der Waals surface area contributed by atoms with Crippen molar-refractivity contribution in [3.8, 4) is 17.6 Å². The van der Waals surface area contributed by atoms with Gasteiger partial charge in [-0.15, -0.1) is 0 Å². The second-order valence-electron chi connectivity index (χ2n) is 3.52. The van der Waals surface area contributed by atoms with Gasteiger partial charge in [0.15, 0.2) is 6.29 Å². The van der Waals surface area contributed by atoms with Crippen LogP contribution in [0.3, 0.4) is 0 Å². The molecule has 0 aliphatic heterocycles. The number of phenols is 1. The molecule has 0 aliphatic rings. The van der Waals surface area contributed by atoms with Crippen LogP contribution in [-0.4, -0.2) is 28.8 Å². The van der Waals surface area contributed by atoms with E-state index in [4.69, 9.17) is 0 Å². The molecule has 1 amide bonds. The Labute approximate surface area is 108 Å². The van der Waals surface area contributed by atoms with Gasteiger partial charge in [0.1, 0.15) is 5.75 Å². The van der Waals surface area contributed by atoms with Gasteiger partial charge in [0.2, 0.25) is 5.91 Å². The van der Waals surface area contributed by atoms with Crippen molar-refractivity contribution in [3.05, 3.63) is 33.4 Å². The largest absolute Gasteiger partial charge is 0.506 e. The minimum Gasteiger partial charge on any atom is -0.506 e. The van der Waals surface area contributed by atoms with Crippen molar-refractivity contribution in [2.75, 3.05) is 6.54 Å². The Bertz CT molecular complexity index is 598. The number of phenolic OH excluding ortho intramolecular Hbond substituents is 1. The molecule has 7 nitrogen and oxygen atoms in total. The predicted octanol–water partition coefficient (Wildman–Crippen LogP) is 0.601. The fraction of sp³-hybridized carbons (Fsp3) is 0.167. The van der Waals surface area contributed by atoms with Gasteiger partial charge in [-0.2, -0.15) is 0 Å². The van der Waals surface area contributed by atoms with Gasteiger partial charge in [0, 0.05) is 19.1 Å². The normalized spacial score (nSPS) is 9.11. The van der Waals surface area contributed by atoms with E-state index in [0.29, 0.717) is 6.29 Å². The summed E-state index contributed by atoms with van der Waals surface area (Å²) in [5, 5.41) is 22.7. The Balaban J connectivity index is 3.11. The second-order valence-corrected chi connectivity index (χ2v) is 3.52. The third kappa shape index (κ3) is 3.81. The Kier molecular flexibility index (Phi) is 4.60. The first-order valence-electron chi connectivity index (χ1n) is 5.15. The maximum atomic E-state index is 10.7. The van der Waals surface area contributed by atoms with E-state index in [9.17, 15) is 24.8 Å². The van der Waals surface area contributed by atoms with Gasteiger partial charge >= 0.3 is 0 Å². The van der Waals surface area contributed by atoms with Crippen molar-refractivity contribution in [1.82, 2.24) is 5.32 Å². The molecule has 98 valence electrons. The van der Waals surface area contributed by atoms with Crippen LogP contribution in [0.1, 0.15) is 22.8 Å². The number of non-ortho nitro benzene ring substituents is 1. The Morgan fingerprint density at radius 1 is 1.58 bits per heavy atom. The van der Waals surface area contributed by atoms with E-state index in [2.05, 4.69) is 17.2 Å². The SMILES string of the molecule is CC(=O)NCC#Cc1cc([N+](=O)[O-])cc(C=O)c1O. The first-order valence-corrected chi connectivity index (χ1v) is 5.15. The molecular formula is C12H10N2O5. The zero-order chi connectivity index (χ0) is 14.4. The molecule has 0 fully saturated rings. The first-order chi connectivity index (χ1) is 8.95. The van der Waals surface area contributed by atoms with Crippen LogP contribution in [0.4, 0.5) is 5.69 Å². The zero-order valence-electron chi connectivity index (χ0n) is 9.97. The highest BCUT2D eigenvalue weighted by atomic mass is 16.6. The number of benzene rings is 1. The molecule has 0 aliphatic carbocycles. The Morgan fingerprint density at radius 2 is 2.26 bits per heavy atom. The molecule has 0 bridgehead atoms. The number of hydrogen-bond acceptors (Lipinski definition) is 5. The van der Waals surface area contributed by atoms with Gasteiger partial charge in [0.05, 0.1) is 22.6 Å². The number of nitro groups is 1. The van der Waals surface area contributed by atoms with Crippen LogP contribution in [0.2, 0.25) is 0 Å².